The van der Waals surface area contributed by atoms with E-state index in [1.807, 2.05) is 0 Å². The molecule has 0 radical (unpaired) electrons. The Morgan fingerprint density at radius 3 is 2.56 bits per heavy atom. The number of alkyl halides is 3. The van der Waals surface area contributed by atoms with E-state index in [0.717, 1.165) is 31.2 Å². The van der Waals surface area contributed by atoms with Crippen LogP contribution in [0.1, 0.15) is 47.3 Å². The van der Waals surface area contributed by atoms with Crippen molar-refractivity contribution in [3.8, 4) is 5.75 Å². The van der Waals surface area contributed by atoms with Gasteiger partial charge in [-0.15, -0.1) is 0 Å². The van der Waals surface area contributed by atoms with E-state index < -0.39 is 39.9 Å². The molecule has 3 rings (SSSR count). The van der Waals surface area contributed by atoms with E-state index in [0.29, 0.717) is 18.4 Å². The van der Waals surface area contributed by atoms with E-state index >= 15 is 0 Å². The minimum Gasteiger partial charge on any atom is -0.503 e. The van der Waals surface area contributed by atoms with Crippen molar-refractivity contribution >= 4 is 5.91 Å². The van der Waals surface area contributed by atoms with E-state index in [4.69, 9.17) is 5.73 Å². The van der Waals surface area contributed by atoms with E-state index in [1.165, 1.54) is 10.7 Å². The number of benzene rings is 1. The minimum absolute atomic E-state index is 0.114. The van der Waals surface area contributed by atoms with Crippen molar-refractivity contribution in [3.63, 3.8) is 0 Å². The SMILES string of the molecule is NC(=O)c1nn(CC2(c3cccc(C(F)(F)F)c3)CCCC2)cc(O)c1=O. The van der Waals surface area contributed by atoms with Crippen LogP contribution in [0.3, 0.4) is 0 Å². The number of carbonyl (C=O) groups excluding carboxylic acids is 1. The molecule has 0 spiro atoms. The van der Waals surface area contributed by atoms with Crippen molar-refractivity contribution in [3.05, 3.63) is 57.5 Å². The first-order valence-corrected chi connectivity index (χ1v) is 8.41. The highest BCUT2D eigenvalue weighted by Crippen LogP contribution is 2.43. The van der Waals surface area contributed by atoms with Crippen molar-refractivity contribution in [1.82, 2.24) is 9.78 Å². The lowest BCUT2D eigenvalue weighted by molar-refractivity contribution is -0.137. The second kappa shape index (κ2) is 6.71. The number of halogens is 3. The standard InChI is InChI=1S/C18H18F3N3O3/c19-18(20,21)12-5-3-4-11(8-12)17(6-1-2-7-17)10-24-9-13(25)15(26)14(23-24)16(22)27/h3-5,8-9,25H,1-2,6-7,10H2,(H2,22,27). The van der Waals surface area contributed by atoms with Crippen molar-refractivity contribution in [2.45, 2.75) is 43.8 Å². The smallest absolute Gasteiger partial charge is 0.416 e. The summed E-state index contributed by atoms with van der Waals surface area (Å²) in [4.78, 5) is 23.1. The Hall–Kier alpha value is -2.84. The van der Waals surface area contributed by atoms with Crippen molar-refractivity contribution < 1.29 is 23.1 Å². The van der Waals surface area contributed by atoms with Gasteiger partial charge in [0.25, 0.3) is 11.3 Å². The molecule has 0 bridgehead atoms. The Morgan fingerprint density at radius 1 is 1.30 bits per heavy atom. The fourth-order valence-corrected chi connectivity index (χ4v) is 3.69. The lowest BCUT2D eigenvalue weighted by Gasteiger charge is -2.31. The average molecular weight is 381 g/mol. The molecule has 1 aliphatic carbocycles. The molecule has 0 atom stereocenters. The third-order valence-corrected chi connectivity index (χ3v) is 5.01. The van der Waals surface area contributed by atoms with E-state index in [2.05, 4.69) is 5.10 Å². The Balaban J connectivity index is 2.05. The molecule has 144 valence electrons. The monoisotopic (exact) mass is 381 g/mol. The number of carbonyl (C=O) groups is 1. The van der Waals surface area contributed by atoms with Crippen LogP contribution in [0, 0.1) is 0 Å². The largest absolute Gasteiger partial charge is 0.503 e. The van der Waals surface area contributed by atoms with Gasteiger partial charge in [-0.3, -0.25) is 14.3 Å². The molecule has 0 saturated heterocycles. The molecule has 1 fully saturated rings. The van der Waals surface area contributed by atoms with Crippen LogP contribution in [0.5, 0.6) is 5.75 Å². The van der Waals surface area contributed by atoms with Gasteiger partial charge in [0.1, 0.15) is 0 Å². The Bertz CT molecular complexity index is 931. The molecule has 2 aromatic rings. The number of amides is 1. The molecule has 27 heavy (non-hydrogen) atoms. The van der Waals surface area contributed by atoms with Gasteiger partial charge in [0.05, 0.1) is 18.3 Å². The molecule has 1 saturated carbocycles. The average Bonchev–Trinajstić information content (AvgIpc) is 3.07. The molecular formula is C18H18F3N3O3. The molecule has 9 heteroatoms. The number of nitrogens with two attached hydrogens (primary N) is 1. The number of aromatic hydroxyl groups is 1. The molecule has 1 aromatic heterocycles. The van der Waals surface area contributed by atoms with Crippen LogP contribution in [0.4, 0.5) is 13.2 Å². The highest BCUT2D eigenvalue weighted by molar-refractivity contribution is 5.90. The van der Waals surface area contributed by atoms with Crippen molar-refractivity contribution in [2.24, 2.45) is 5.73 Å². The summed E-state index contributed by atoms with van der Waals surface area (Å²) in [6, 6.07) is 5.14. The van der Waals surface area contributed by atoms with Crippen LogP contribution in [0.25, 0.3) is 0 Å². The normalized spacial score (nSPS) is 16.4. The van der Waals surface area contributed by atoms with E-state index in [-0.39, 0.29) is 6.54 Å². The molecule has 1 heterocycles. The molecular weight excluding hydrogens is 363 g/mol. The second-order valence-corrected chi connectivity index (χ2v) is 6.82. The van der Waals surface area contributed by atoms with E-state index in [9.17, 15) is 27.9 Å². The predicted octanol–water partition coefficient (Wildman–Crippen LogP) is 2.58. The van der Waals surface area contributed by atoms with Crippen LogP contribution in [-0.4, -0.2) is 20.8 Å². The zero-order valence-electron chi connectivity index (χ0n) is 14.3. The van der Waals surface area contributed by atoms with Crippen molar-refractivity contribution in [1.29, 1.82) is 0 Å². The molecule has 0 aliphatic heterocycles. The second-order valence-electron chi connectivity index (χ2n) is 6.82. The highest BCUT2D eigenvalue weighted by Gasteiger charge is 2.39. The maximum absolute atomic E-state index is 13.1. The van der Waals surface area contributed by atoms with Crippen molar-refractivity contribution in [2.75, 3.05) is 0 Å². The quantitative estimate of drug-likeness (QED) is 0.850. The van der Waals surface area contributed by atoms with Gasteiger partial charge >= 0.3 is 6.18 Å². The van der Waals surface area contributed by atoms with Crippen LogP contribution >= 0.6 is 0 Å². The van der Waals surface area contributed by atoms with Crippen LogP contribution in [0.15, 0.2) is 35.3 Å². The summed E-state index contributed by atoms with van der Waals surface area (Å²) >= 11 is 0. The topological polar surface area (TPSA) is 98.2 Å². The summed E-state index contributed by atoms with van der Waals surface area (Å²) in [6.45, 7) is 0.114. The summed E-state index contributed by atoms with van der Waals surface area (Å²) in [6.07, 6.45) is -0.495. The van der Waals surface area contributed by atoms with Gasteiger partial charge in [0.2, 0.25) is 0 Å². The van der Waals surface area contributed by atoms with Crippen LogP contribution in [0.2, 0.25) is 0 Å². The Labute approximate surface area is 152 Å². The van der Waals surface area contributed by atoms with E-state index in [1.54, 1.807) is 6.07 Å². The first-order valence-electron chi connectivity index (χ1n) is 8.41. The van der Waals surface area contributed by atoms with Crippen LogP contribution in [-0.2, 0) is 18.1 Å². The number of rotatable bonds is 4. The summed E-state index contributed by atoms with van der Waals surface area (Å²) in [7, 11) is 0. The summed E-state index contributed by atoms with van der Waals surface area (Å²) < 4.78 is 40.5. The fourth-order valence-electron chi connectivity index (χ4n) is 3.69. The number of primary amides is 1. The lowest BCUT2D eigenvalue weighted by Crippen LogP contribution is -2.33. The molecule has 1 amide bonds. The highest BCUT2D eigenvalue weighted by atomic mass is 19.4. The van der Waals surface area contributed by atoms with Crippen LogP contribution < -0.4 is 11.2 Å². The number of hydrogen-bond acceptors (Lipinski definition) is 4. The summed E-state index contributed by atoms with van der Waals surface area (Å²) in [5.74, 6) is -1.76. The maximum atomic E-state index is 13.1. The fraction of sp³-hybridized carbons (Fsp3) is 0.389. The van der Waals surface area contributed by atoms with Gasteiger partial charge in [0.15, 0.2) is 11.4 Å². The van der Waals surface area contributed by atoms with Gasteiger partial charge < -0.3 is 10.8 Å². The lowest BCUT2D eigenvalue weighted by atomic mass is 9.78. The van der Waals surface area contributed by atoms with Gasteiger partial charge in [-0.2, -0.15) is 18.3 Å². The molecule has 6 nitrogen and oxygen atoms in total. The maximum Gasteiger partial charge on any atom is 0.416 e. The predicted molar refractivity (Wildman–Crippen MR) is 90.3 cm³/mol. The van der Waals surface area contributed by atoms with Gasteiger partial charge in [-0.25, -0.2) is 0 Å². The minimum atomic E-state index is -4.46. The zero-order chi connectivity index (χ0) is 19.8. The molecule has 0 unspecified atom stereocenters. The first-order chi connectivity index (χ1) is 12.6. The first kappa shape index (κ1) is 18.9. The third kappa shape index (κ3) is 3.67. The third-order valence-electron chi connectivity index (χ3n) is 5.01. The number of hydrogen-bond donors (Lipinski definition) is 2. The zero-order valence-corrected chi connectivity index (χ0v) is 14.3. The molecule has 1 aromatic carbocycles. The van der Waals surface area contributed by atoms with Gasteiger partial charge in [-0.1, -0.05) is 31.0 Å². The molecule has 3 N–H and O–H groups in total. The van der Waals surface area contributed by atoms with Gasteiger partial charge in [0, 0.05) is 5.41 Å². The number of nitrogens with zero attached hydrogens (tertiary/aromatic N) is 2. The van der Waals surface area contributed by atoms with Gasteiger partial charge in [-0.05, 0) is 24.5 Å². The Morgan fingerprint density at radius 2 is 1.96 bits per heavy atom. The number of aromatic nitrogens is 2. The Kier molecular flexibility index (Phi) is 4.71. The summed E-state index contributed by atoms with van der Waals surface area (Å²) in [5, 5.41) is 13.7. The molecule has 1 aliphatic rings. The summed E-state index contributed by atoms with van der Waals surface area (Å²) in [5.41, 5.74) is 2.67.